The van der Waals surface area contributed by atoms with Gasteiger partial charge in [0.1, 0.15) is 17.7 Å². The number of unbranched alkanes of at least 4 members (excludes halogenated alkanes) is 1. The minimum Gasteiger partial charge on any atom is -0.481 e. The van der Waals surface area contributed by atoms with Gasteiger partial charge >= 0.3 is 24.0 Å². The van der Waals surface area contributed by atoms with Crippen LogP contribution in [0.25, 0.3) is 0 Å². The molecule has 2 unspecified atom stereocenters. The molecule has 0 fully saturated rings. The van der Waals surface area contributed by atoms with Gasteiger partial charge in [0.25, 0.3) is 0 Å². The van der Waals surface area contributed by atoms with Crippen molar-refractivity contribution in [2.24, 2.45) is 0 Å². The van der Waals surface area contributed by atoms with Gasteiger partial charge in [0.15, 0.2) is 0 Å². The quantitative estimate of drug-likeness (QED) is 0.313. The smallest absolute Gasteiger partial charge is 0.408 e. The molecule has 1 amide bonds. The van der Waals surface area contributed by atoms with Crippen molar-refractivity contribution in [3.05, 3.63) is 0 Å². The van der Waals surface area contributed by atoms with E-state index in [0.29, 0.717) is 12.8 Å². The Balaban J connectivity index is 4.23. The Hall–Kier alpha value is -2.36. The van der Waals surface area contributed by atoms with Crippen LogP contribution < -0.4 is 10.6 Å². The molecule has 0 aromatic rings. The number of hydrogen-bond donors (Lipinski definition) is 5. The van der Waals surface area contributed by atoms with Crippen molar-refractivity contribution < 1.29 is 39.2 Å². The van der Waals surface area contributed by atoms with E-state index in [9.17, 15) is 19.2 Å². The first-order valence-corrected chi connectivity index (χ1v) is 8.32. The molecular formula is C16H28N2O8. The number of alkyl carbamates (subject to hydrolysis) is 1. The summed E-state index contributed by atoms with van der Waals surface area (Å²) in [7, 11) is 0. The van der Waals surface area contributed by atoms with E-state index >= 15 is 0 Å². The molecule has 0 heterocycles. The van der Waals surface area contributed by atoms with E-state index in [0.717, 1.165) is 0 Å². The van der Waals surface area contributed by atoms with Gasteiger partial charge in [-0.05, 0) is 53.0 Å². The molecule has 0 aromatic carbocycles. The molecule has 0 aliphatic rings. The summed E-state index contributed by atoms with van der Waals surface area (Å²) in [5.41, 5.74) is -0.737. The molecule has 5 N–H and O–H groups in total. The van der Waals surface area contributed by atoms with E-state index in [1.54, 1.807) is 20.8 Å². The Morgan fingerprint density at radius 1 is 0.923 bits per heavy atom. The van der Waals surface area contributed by atoms with Crippen LogP contribution in [-0.4, -0.2) is 63.6 Å². The monoisotopic (exact) mass is 376 g/mol. The summed E-state index contributed by atoms with van der Waals surface area (Å²) in [6.45, 7) is 5.28. The Morgan fingerprint density at radius 3 is 1.96 bits per heavy atom. The molecule has 10 nitrogen and oxygen atoms in total. The molecule has 0 saturated heterocycles. The first-order chi connectivity index (χ1) is 11.9. The predicted molar refractivity (Wildman–Crippen MR) is 90.9 cm³/mol. The molecule has 0 bridgehead atoms. The number of carbonyl (C=O) groups excluding carboxylic acids is 1. The molecule has 0 spiro atoms. The number of aliphatic carboxylic acids is 3. The summed E-state index contributed by atoms with van der Waals surface area (Å²) < 4.78 is 5.01. The van der Waals surface area contributed by atoms with Crippen LogP contribution in [0.15, 0.2) is 0 Å². The van der Waals surface area contributed by atoms with Crippen molar-refractivity contribution in [2.45, 2.75) is 70.6 Å². The molecule has 0 saturated carbocycles. The number of nitrogens with one attached hydrogen (secondary N) is 2. The predicted octanol–water partition coefficient (Wildman–Crippen LogP) is 1.04. The number of amides is 1. The van der Waals surface area contributed by atoms with E-state index in [4.69, 9.17) is 20.1 Å². The first kappa shape index (κ1) is 23.6. The van der Waals surface area contributed by atoms with Crippen molar-refractivity contribution in [3.8, 4) is 0 Å². The zero-order chi connectivity index (χ0) is 20.3. The SMILES string of the molecule is CC(C)(C)OC(=O)NC(CCCCNC(CCC(=O)O)C(=O)O)C(=O)O. The topological polar surface area (TPSA) is 162 Å². The van der Waals surface area contributed by atoms with Crippen LogP contribution in [0.2, 0.25) is 0 Å². The van der Waals surface area contributed by atoms with E-state index in [1.807, 2.05) is 0 Å². The Kier molecular flexibility index (Phi) is 10.3. The van der Waals surface area contributed by atoms with Gasteiger partial charge in [-0.1, -0.05) is 0 Å². The minimum absolute atomic E-state index is 0.0391. The molecule has 0 aliphatic heterocycles. The van der Waals surface area contributed by atoms with Crippen molar-refractivity contribution in [1.29, 1.82) is 0 Å². The fourth-order valence-electron chi connectivity index (χ4n) is 2.04. The normalized spacial score (nSPS) is 13.5. The van der Waals surface area contributed by atoms with Crippen molar-refractivity contribution in [3.63, 3.8) is 0 Å². The third-order valence-corrected chi connectivity index (χ3v) is 3.24. The zero-order valence-electron chi connectivity index (χ0n) is 15.3. The summed E-state index contributed by atoms with van der Waals surface area (Å²) in [6, 6.07) is -2.08. The van der Waals surface area contributed by atoms with Gasteiger partial charge in [0.2, 0.25) is 0 Å². The van der Waals surface area contributed by atoms with Crippen LogP contribution in [0.1, 0.15) is 52.9 Å². The van der Waals surface area contributed by atoms with Crippen LogP contribution >= 0.6 is 0 Å². The van der Waals surface area contributed by atoms with E-state index in [2.05, 4.69) is 10.6 Å². The Labute approximate surface area is 151 Å². The average molecular weight is 376 g/mol. The fourth-order valence-corrected chi connectivity index (χ4v) is 2.04. The van der Waals surface area contributed by atoms with Crippen molar-refractivity contribution >= 4 is 24.0 Å². The first-order valence-electron chi connectivity index (χ1n) is 8.32. The number of ether oxygens (including phenoxy) is 1. The molecule has 10 heteroatoms. The van der Waals surface area contributed by atoms with Crippen LogP contribution in [0, 0.1) is 0 Å². The standard InChI is InChI=1S/C16H28N2O8/c1-16(2,3)26-15(25)18-11(14(23)24)6-4-5-9-17-10(13(21)22)7-8-12(19)20/h10-11,17H,4-9H2,1-3H3,(H,18,25)(H,19,20)(H,21,22)(H,23,24). The largest absolute Gasteiger partial charge is 0.481 e. The lowest BCUT2D eigenvalue weighted by Gasteiger charge is -2.22. The summed E-state index contributed by atoms with van der Waals surface area (Å²) in [4.78, 5) is 44.3. The second-order valence-corrected chi connectivity index (χ2v) is 6.81. The minimum atomic E-state index is -1.19. The van der Waals surface area contributed by atoms with Gasteiger partial charge in [-0.15, -0.1) is 0 Å². The number of rotatable bonds is 12. The van der Waals surface area contributed by atoms with Crippen LogP contribution in [0.5, 0.6) is 0 Å². The van der Waals surface area contributed by atoms with Crippen LogP contribution in [0.4, 0.5) is 4.79 Å². The maximum absolute atomic E-state index is 11.6. The summed E-state index contributed by atoms with van der Waals surface area (Å²) in [6.07, 6.45) is -0.0687. The zero-order valence-corrected chi connectivity index (χ0v) is 15.3. The number of hydrogen-bond acceptors (Lipinski definition) is 6. The fraction of sp³-hybridized carbons (Fsp3) is 0.750. The second kappa shape index (κ2) is 11.3. The lowest BCUT2D eigenvalue weighted by atomic mass is 10.1. The van der Waals surface area contributed by atoms with Gasteiger partial charge in [-0.2, -0.15) is 0 Å². The van der Waals surface area contributed by atoms with E-state index < -0.39 is 41.7 Å². The molecule has 150 valence electrons. The highest BCUT2D eigenvalue weighted by Gasteiger charge is 2.23. The van der Waals surface area contributed by atoms with E-state index in [-0.39, 0.29) is 25.8 Å². The molecule has 2 atom stereocenters. The molecular weight excluding hydrogens is 348 g/mol. The van der Waals surface area contributed by atoms with Gasteiger partial charge in [0, 0.05) is 6.42 Å². The highest BCUT2D eigenvalue weighted by Crippen LogP contribution is 2.08. The lowest BCUT2D eigenvalue weighted by molar-refractivity contribution is -0.141. The number of carboxylic acid groups (broad SMARTS) is 3. The van der Waals surface area contributed by atoms with Gasteiger partial charge in [0.05, 0.1) is 0 Å². The summed E-state index contributed by atoms with van der Waals surface area (Å²) in [5.74, 6) is -3.40. The molecule has 0 rings (SSSR count). The molecule has 0 aliphatic carbocycles. The van der Waals surface area contributed by atoms with E-state index in [1.165, 1.54) is 0 Å². The summed E-state index contributed by atoms with van der Waals surface area (Å²) in [5, 5.41) is 31.7. The van der Waals surface area contributed by atoms with Crippen LogP contribution in [0.3, 0.4) is 0 Å². The Morgan fingerprint density at radius 2 is 1.50 bits per heavy atom. The molecule has 26 heavy (non-hydrogen) atoms. The maximum atomic E-state index is 11.6. The maximum Gasteiger partial charge on any atom is 0.408 e. The highest BCUT2D eigenvalue weighted by atomic mass is 16.6. The molecule has 0 aromatic heterocycles. The lowest BCUT2D eigenvalue weighted by Crippen LogP contribution is -2.43. The highest BCUT2D eigenvalue weighted by molar-refractivity contribution is 5.80. The number of carbonyl (C=O) groups is 4. The third-order valence-electron chi connectivity index (χ3n) is 3.24. The van der Waals surface area contributed by atoms with Crippen molar-refractivity contribution in [2.75, 3.05) is 6.54 Å². The van der Waals surface area contributed by atoms with Crippen molar-refractivity contribution in [1.82, 2.24) is 10.6 Å². The van der Waals surface area contributed by atoms with Crippen LogP contribution in [-0.2, 0) is 19.1 Å². The Bertz CT molecular complexity index is 501. The molecule has 0 radical (unpaired) electrons. The average Bonchev–Trinajstić information content (AvgIpc) is 2.45. The summed E-state index contributed by atoms with van der Waals surface area (Å²) >= 11 is 0. The van der Waals surface area contributed by atoms with Gasteiger partial charge in [-0.3, -0.25) is 9.59 Å². The van der Waals surface area contributed by atoms with Gasteiger partial charge < -0.3 is 30.7 Å². The number of carboxylic acids is 3. The van der Waals surface area contributed by atoms with Gasteiger partial charge in [-0.25, -0.2) is 9.59 Å². The third kappa shape index (κ3) is 12.1. The second-order valence-electron chi connectivity index (χ2n) is 6.81.